The Balaban J connectivity index is 2.96. The lowest BCUT2D eigenvalue weighted by atomic mass is 10.2. The molecule has 0 heterocycles. The number of amides is 1. The third-order valence-electron chi connectivity index (χ3n) is 1.40. The van der Waals surface area contributed by atoms with E-state index in [1.54, 1.807) is 24.3 Å². The first-order chi connectivity index (χ1) is 5.74. The van der Waals surface area contributed by atoms with Gasteiger partial charge in [-0.3, -0.25) is 9.59 Å². The molecule has 1 rings (SSSR count). The highest BCUT2D eigenvalue weighted by molar-refractivity contribution is 5.95. The SMILES string of the molecule is CC(=O)Nc1ccccc1C=O. The van der Waals surface area contributed by atoms with Crippen LogP contribution in [-0.2, 0) is 4.79 Å². The van der Waals surface area contributed by atoms with Gasteiger partial charge in [-0.2, -0.15) is 0 Å². The molecular formula is C9H9NO2. The fourth-order valence-corrected chi connectivity index (χ4v) is 0.903. The topological polar surface area (TPSA) is 46.2 Å². The molecule has 1 aromatic carbocycles. The van der Waals surface area contributed by atoms with Crippen molar-refractivity contribution >= 4 is 17.9 Å². The second kappa shape index (κ2) is 3.67. The molecule has 3 nitrogen and oxygen atoms in total. The third-order valence-corrected chi connectivity index (χ3v) is 1.40. The van der Waals surface area contributed by atoms with E-state index in [9.17, 15) is 9.59 Å². The van der Waals surface area contributed by atoms with Gasteiger partial charge in [0.25, 0.3) is 0 Å². The van der Waals surface area contributed by atoms with Crippen LogP contribution in [0.25, 0.3) is 0 Å². The molecule has 3 heteroatoms. The van der Waals surface area contributed by atoms with Crippen molar-refractivity contribution in [2.45, 2.75) is 6.92 Å². The summed E-state index contributed by atoms with van der Waals surface area (Å²) >= 11 is 0. The van der Waals surface area contributed by atoms with Gasteiger partial charge in [-0.15, -0.1) is 0 Å². The van der Waals surface area contributed by atoms with Crippen molar-refractivity contribution in [3.05, 3.63) is 29.8 Å². The lowest BCUT2D eigenvalue weighted by molar-refractivity contribution is -0.114. The largest absolute Gasteiger partial charge is 0.326 e. The van der Waals surface area contributed by atoms with E-state index in [-0.39, 0.29) is 5.91 Å². The van der Waals surface area contributed by atoms with Gasteiger partial charge in [-0.05, 0) is 12.1 Å². The van der Waals surface area contributed by atoms with E-state index in [2.05, 4.69) is 5.32 Å². The Morgan fingerprint density at radius 1 is 1.42 bits per heavy atom. The van der Waals surface area contributed by atoms with Crippen LogP contribution in [0, 0.1) is 0 Å². The normalized spacial score (nSPS) is 9.08. The lowest BCUT2D eigenvalue weighted by Crippen LogP contribution is -2.07. The monoisotopic (exact) mass is 163 g/mol. The second-order valence-electron chi connectivity index (χ2n) is 2.39. The molecule has 1 amide bonds. The summed E-state index contributed by atoms with van der Waals surface area (Å²) in [7, 11) is 0. The standard InChI is InChI=1S/C9H9NO2/c1-7(12)10-9-5-3-2-4-8(9)6-11/h2-6H,1H3,(H,10,12). The van der Waals surface area contributed by atoms with Gasteiger partial charge in [0.1, 0.15) is 0 Å². The van der Waals surface area contributed by atoms with Crippen molar-refractivity contribution in [3.8, 4) is 0 Å². The van der Waals surface area contributed by atoms with Gasteiger partial charge in [-0.25, -0.2) is 0 Å². The number of hydrogen-bond donors (Lipinski definition) is 1. The summed E-state index contributed by atoms with van der Waals surface area (Å²) in [5.41, 5.74) is 1.05. The molecule has 0 unspecified atom stereocenters. The molecule has 12 heavy (non-hydrogen) atoms. The minimum atomic E-state index is -0.177. The highest BCUT2D eigenvalue weighted by atomic mass is 16.1. The molecule has 0 saturated heterocycles. The molecule has 0 radical (unpaired) electrons. The molecule has 0 saturated carbocycles. The Labute approximate surface area is 70.4 Å². The summed E-state index contributed by atoms with van der Waals surface area (Å²) in [5, 5.41) is 2.55. The van der Waals surface area contributed by atoms with E-state index in [0.717, 1.165) is 0 Å². The fourth-order valence-electron chi connectivity index (χ4n) is 0.903. The molecule has 0 atom stereocenters. The highest BCUT2D eigenvalue weighted by Crippen LogP contribution is 2.11. The predicted molar refractivity (Wildman–Crippen MR) is 46.1 cm³/mol. The van der Waals surface area contributed by atoms with E-state index in [1.165, 1.54) is 6.92 Å². The van der Waals surface area contributed by atoms with E-state index in [1.807, 2.05) is 0 Å². The van der Waals surface area contributed by atoms with Crippen LogP contribution >= 0.6 is 0 Å². The first-order valence-electron chi connectivity index (χ1n) is 3.56. The number of aldehydes is 1. The Hall–Kier alpha value is -1.64. The molecule has 0 aliphatic heterocycles. The number of nitrogens with one attached hydrogen (secondary N) is 1. The maximum absolute atomic E-state index is 10.7. The summed E-state index contributed by atoms with van der Waals surface area (Å²) in [6.07, 6.45) is 0.714. The Morgan fingerprint density at radius 3 is 2.67 bits per heavy atom. The summed E-state index contributed by atoms with van der Waals surface area (Å²) in [6, 6.07) is 6.84. The van der Waals surface area contributed by atoms with Crippen LogP contribution in [0.5, 0.6) is 0 Å². The zero-order chi connectivity index (χ0) is 8.97. The summed E-state index contributed by atoms with van der Waals surface area (Å²) in [4.78, 5) is 21.1. The van der Waals surface area contributed by atoms with Crippen LogP contribution in [0.3, 0.4) is 0 Å². The van der Waals surface area contributed by atoms with Crippen molar-refractivity contribution in [2.24, 2.45) is 0 Å². The first kappa shape index (κ1) is 8.46. The van der Waals surface area contributed by atoms with Crippen LogP contribution in [-0.4, -0.2) is 12.2 Å². The average Bonchev–Trinajstić information content (AvgIpc) is 2.04. The van der Waals surface area contributed by atoms with Crippen molar-refractivity contribution in [1.82, 2.24) is 0 Å². The number of carbonyl (C=O) groups excluding carboxylic acids is 2. The molecule has 0 aliphatic rings. The van der Waals surface area contributed by atoms with Gasteiger partial charge in [0, 0.05) is 12.5 Å². The molecule has 0 spiro atoms. The molecule has 0 fully saturated rings. The van der Waals surface area contributed by atoms with E-state index >= 15 is 0 Å². The van der Waals surface area contributed by atoms with Gasteiger partial charge in [0.2, 0.25) is 5.91 Å². The molecular weight excluding hydrogens is 154 g/mol. The molecule has 0 aliphatic carbocycles. The average molecular weight is 163 g/mol. The summed E-state index contributed by atoms with van der Waals surface area (Å²) in [5.74, 6) is -0.177. The minimum absolute atomic E-state index is 0.177. The maximum Gasteiger partial charge on any atom is 0.221 e. The quantitative estimate of drug-likeness (QED) is 0.671. The molecule has 1 N–H and O–H groups in total. The number of anilines is 1. The molecule has 0 aromatic heterocycles. The molecule has 62 valence electrons. The summed E-state index contributed by atoms with van der Waals surface area (Å²) in [6.45, 7) is 1.40. The summed E-state index contributed by atoms with van der Waals surface area (Å²) < 4.78 is 0. The third kappa shape index (κ3) is 1.92. The van der Waals surface area contributed by atoms with Crippen molar-refractivity contribution in [1.29, 1.82) is 0 Å². The van der Waals surface area contributed by atoms with E-state index in [0.29, 0.717) is 17.5 Å². The number of rotatable bonds is 2. The Bertz CT molecular complexity index is 307. The van der Waals surface area contributed by atoms with E-state index in [4.69, 9.17) is 0 Å². The van der Waals surface area contributed by atoms with Gasteiger partial charge in [-0.1, -0.05) is 12.1 Å². The van der Waals surface area contributed by atoms with Gasteiger partial charge < -0.3 is 5.32 Å². The van der Waals surface area contributed by atoms with Gasteiger partial charge in [0.05, 0.1) is 5.69 Å². The Kier molecular flexibility index (Phi) is 2.58. The van der Waals surface area contributed by atoms with Crippen molar-refractivity contribution in [3.63, 3.8) is 0 Å². The molecule has 1 aromatic rings. The lowest BCUT2D eigenvalue weighted by Gasteiger charge is -2.03. The number of hydrogen-bond acceptors (Lipinski definition) is 2. The number of carbonyl (C=O) groups is 2. The second-order valence-corrected chi connectivity index (χ2v) is 2.39. The van der Waals surface area contributed by atoms with Crippen LogP contribution in [0.4, 0.5) is 5.69 Å². The minimum Gasteiger partial charge on any atom is -0.326 e. The van der Waals surface area contributed by atoms with Crippen LogP contribution in [0.1, 0.15) is 17.3 Å². The maximum atomic E-state index is 10.7. The Morgan fingerprint density at radius 2 is 2.08 bits per heavy atom. The number of benzene rings is 1. The van der Waals surface area contributed by atoms with Crippen molar-refractivity contribution < 1.29 is 9.59 Å². The first-order valence-corrected chi connectivity index (χ1v) is 3.56. The highest BCUT2D eigenvalue weighted by Gasteiger charge is 2.00. The van der Waals surface area contributed by atoms with Gasteiger partial charge in [0.15, 0.2) is 6.29 Å². The zero-order valence-electron chi connectivity index (χ0n) is 6.70. The number of para-hydroxylation sites is 1. The van der Waals surface area contributed by atoms with Gasteiger partial charge >= 0.3 is 0 Å². The van der Waals surface area contributed by atoms with Crippen LogP contribution < -0.4 is 5.32 Å². The fraction of sp³-hybridized carbons (Fsp3) is 0.111. The predicted octanol–water partition coefficient (Wildman–Crippen LogP) is 1.46. The molecule has 0 bridgehead atoms. The smallest absolute Gasteiger partial charge is 0.221 e. The van der Waals surface area contributed by atoms with Crippen LogP contribution in [0.2, 0.25) is 0 Å². The van der Waals surface area contributed by atoms with E-state index < -0.39 is 0 Å². The van der Waals surface area contributed by atoms with Crippen LogP contribution in [0.15, 0.2) is 24.3 Å². The zero-order valence-corrected chi connectivity index (χ0v) is 6.70. The van der Waals surface area contributed by atoms with Crippen molar-refractivity contribution in [2.75, 3.05) is 5.32 Å².